The molecule has 0 radical (unpaired) electrons. The van der Waals surface area contributed by atoms with Crippen molar-refractivity contribution in [1.82, 2.24) is 14.9 Å². The standard InChI is InChI=1S/C29H33N3O4/c1-5-21-11-14-23(15-12-21)36-18-8-17-32-25-10-7-6-9-24(25)31-28(32)20(2)30-29(33)22-13-16-26(34-3)27(19-22)35-4/h6-7,9-16,19-20H,5,8,17-18H2,1-4H3,(H,30,33). The van der Waals surface area contributed by atoms with Crippen LogP contribution in [0.3, 0.4) is 0 Å². The summed E-state index contributed by atoms with van der Waals surface area (Å²) in [6.07, 6.45) is 1.82. The summed E-state index contributed by atoms with van der Waals surface area (Å²) in [5, 5.41) is 3.08. The van der Waals surface area contributed by atoms with Crippen LogP contribution in [0.5, 0.6) is 17.2 Å². The Bertz CT molecular complexity index is 1310. The number of imidazole rings is 1. The first kappa shape index (κ1) is 25.1. The van der Waals surface area contributed by atoms with Crippen molar-refractivity contribution in [1.29, 1.82) is 0 Å². The number of hydrogen-bond donors (Lipinski definition) is 1. The second kappa shape index (κ2) is 11.6. The van der Waals surface area contributed by atoms with Crippen LogP contribution in [0.15, 0.2) is 66.7 Å². The molecule has 1 aromatic heterocycles. The number of fused-ring (bicyclic) bond motifs is 1. The van der Waals surface area contributed by atoms with E-state index in [0.717, 1.165) is 42.0 Å². The van der Waals surface area contributed by atoms with Gasteiger partial charge in [-0.1, -0.05) is 31.2 Å². The molecule has 1 atom stereocenters. The molecule has 0 aliphatic heterocycles. The quantitative estimate of drug-likeness (QED) is 0.280. The fraction of sp³-hybridized carbons (Fsp3) is 0.310. The Morgan fingerprint density at radius 2 is 1.75 bits per heavy atom. The third-order valence-electron chi connectivity index (χ3n) is 6.19. The van der Waals surface area contributed by atoms with Crippen LogP contribution in [0.4, 0.5) is 0 Å². The molecule has 7 heteroatoms. The molecule has 188 valence electrons. The summed E-state index contributed by atoms with van der Waals surface area (Å²) in [6.45, 7) is 5.39. The Morgan fingerprint density at radius 1 is 1.00 bits per heavy atom. The van der Waals surface area contributed by atoms with E-state index in [0.29, 0.717) is 23.7 Å². The molecule has 1 N–H and O–H groups in total. The molecule has 1 unspecified atom stereocenters. The van der Waals surface area contributed by atoms with Gasteiger partial charge in [0.1, 0.15) is 11.6 Å². The Balaban J connectivity index is 1.46. The number of methoxy groups -OCH3 is 2. The number of aromatic nitrogens is 2. The number of benzene rings is 3. The van der Waals surface area contributed by atoms with E-state index in [1.165, 1.54) is 5.56 Å². The van der Waals surface area contributed by atoms with Crippen molar-refractivity contribution in [2.45, 2.75) is 39.3 Å². The highest BCUT2D eigenvalue weighted by molar-refractivity contribution is 5.95. The lowest BCUT2D eigenvalue weighted by Crippen LogP contribution is -2.29. The smallest absolute Gasteiger partial charge is 0.251 e. The molecule has 0 fully saturated rings. The van der Waals surface area contributed by atoms with Gasteiger partial charge in [0.2, 0.25) is 0 Å². The minimum absolute atomic E-state index is 0.207. The Labute approximate surface area is 212 Å². The molecule has 4 rings (SSSR count). The first-order valence-corrected chi connectivity index (χ1v) is 12.2. The minimum Gasteiger partial charge on any atom is -0.494 e. The van der Waals surface area contributed by atoms with Crippen molar-refractivity contribution < 1.29 is 19.0 Å². The lowest BCUT2D eigenvalue weighted by atomic mass is 10.1. The zero-order valence-electron chi connectivity index (χ0n) is 21.3. The SMILES string of the molecule is CCc1ccc(OCCCn2c(C(C)NC(=O)c3ccc(OC)c(OC)c3)nc3ccccc32)cc1. The second-order valence-electron chi connectivity index (χ2n) is 8.57. The largest absolute Gasteiger partial charge is 0.494 e. The van der Waals surface area contributed by atoms with Gasteiger partial charge in [0.15, 0.2) is 11.5 Å². The van der Waals surface area contributed by atoms with Gasteiger partial charge in [-0.05, 0) is 67.8 Å². The van der Waals surface area contributed by atoms with Gasteiger partial charge in [-0.25, -0.2) is 4.98 Å². The number of carbonyl (C=O) groups excluding carboxylic acids is 1. The summed E-state index contributed by atoms with van der Waals surface area (Å²) in [5.74, 6) is 2.55. The van der Waals surface area contributed by atoms with Crippen LogP contribution in [0.2, 0.25) is 0 Å². The van der Waals surface area contributed by atoms with Gasteiger partial charge in [0.05, 0.1) is 37.9 Å². The van der Waals surface area contributed by atoms with Crippen LogP contribution < -0.4 is 19.5 Å². The number of ether oxygens (including phenoxy) is 3. The van der Waals surface area contributed by atoms with E-state index in [1.807, 2.05) is 37.3 Å². The van der Waals surface area contributed by atoms with E-state index in [-0.39, 0.29) is 11.9 Å². The fourth-order valence-corrected chi connectivity index (χ4v) is 4.22. The highest BCUT2D eigenvalue weighted by Crippen LogP contribution is 2.28. The van der Waals surface area contributed by atoms with Crippen LogP contribution >= 0.6 is 0 Å². The Kier molecular flexibility index (Phi) is 8.10. The maximum absolute atomic E-state index is 13.0. The van der Waals surface area contributed by atoms with E-state index >= 15 is 0 Å². The van der Waals surface area contributed by atoms with E-state index in [4.69, 9.17) is 19.2 Å². The topological polar surface area (TPSA) is 74.6 Å². The van der Waals surface area contributed by atoms with Crippen LogP contribution in [0.1, 0.15) is 48.1 Å². The van der Waals surface area contributed by atoms with Crippen LogP contribution in [0, 0.1) is 0 Å². The van der Waals surface area contributed by atoms with Crippen molar-refractivity contribution in [3.63, 3.8) is 0 Å². The molecular weight excluding hydrogens is 454 g/mol. The van der Waals surface area contributed by atoms with Crippen molar-refractivity contribution in [3.8, 4) is 17.2 Å². The molecular formula is C29H33N3O4. The molecule has 0 saturated heterocycles. The first-order chi connectivity index (χ1) is 17.5. The summed E-state index contributed by atoms with van der Waals surface area (Å²) in [6, 6.07) is 21.1. The molecule has 0 aliphatic rings. The third kappa shape index (κ3) is 5.62. The number of amides is 1. The number of nitrogens with zero attached hydrogens (tertiary/aromatic N) is 2. The van der Waals surface area contributed by atoms with E-state index in [1.54, 1.807) is 32.4 Å². The van der Waals surface area contributed by atoms with Crippen LogP contribution in [-0.4, -0.2) is 36.3 Å². The van der Waals surface area contributed by atoms with Gasteiger partial charge < -0.3 is 24.1 Å². The predicted octanol–water partition coefficient (Wildman–Crippen LogP) is 5.58. The molecule has 7 nitrogen and oxygen atoms in total. The predicted molar refractivity (Wildman–Crippen MR) is 141 cm³/mol. The summed E-state index contributed by atoms with van der Waals surface area (Å²) in [4.78, 5) is 17.9. The van der Waals surface area contributed by atoms with Crippen molar-refractivity contribution in [3.05, 3.63) is 83.7 Å². The van der Waals surface area contributed by atoms with E-state index < -0.39 is 0 Å². The summed E-state index contributed by atoms with van der Waals surface area (Å²) in [5.41, 5.74) is 3.72. The van der Waals surface area contributed by atoms with Gasteiger partial charge in [-0.15, -0.1) is 0 Å². The van der Waals surface area contributed by atoms with Gasteiger partial charge >= 0.3 is 0 Å². The average molecular weight is 488 g/mol. The Morgan fingerprint density at radius 3 is 2.47 bits per heavy atom. The maximum atomic E-state index is 13.0. The summed E-state index contributed by atoms with van der Waals surface area (Å²) in [7, 11) is 3.12. The molecule has 1 heterocycles. The molecule has 0 saturated carbocycles. The molecule has 0 aliphatic carbocycles. The minimum atomic E-state index is -0.305. The summed E-state index contributed by atoms with van der Waals surface area (Å²) < 4.78 is 18.7. The number of aryl methyl sites for hydroxylation is 2. The molecule has 0 bridgehead atoms. The van der Waals surface area contributed by atoms with Gasteiger partial charge in [-0.3, -0.25) is 4.79 Å². The highest BCUT2D eigenvalue weighted by atomic mass is 16.5. The van der Waals surface area contributed by atoms with Crippen LogP contribution in [0.25, 0.3) is 11.0 Å². The van der Waals surface area contributed by atoms with E-state index in [2.05, 4.69) is 35.0 Å². The second-order valence-corrected chi connectivity index (χ2v) is 8.57. The number of carbonyl (C=O) groups is 1. The maximum Gasteiger partial charge on any atom is 0.251 e. The van der Waals surface area contributed by atoms with Crippen LogP contribution in [-0.2, 0) is 13.0 Å². The molecule has 3 aromatic carbocycles. The zero-order chi connectivity index (χ0) is 25.5. The normalized spacial score (nSPS) is 11.8. The molecule has 1 amide bonds. The number of rotatable bonds is 11. The van der Waals surface area contributed by atoms with Gasteiger partial charge in [0, 0.05) is 12.1 Å². The van der Waals surface area contributed by atoms with Gasteiger partial charge in [-0.2, -0.15) is 0 Å². The monoisotopic (exact) mass is 487 g/mol. The number of para-hydroxylation sites is 2. The number of hydrogen-bond acceptors (Lipinski definition) is 5. The Hall–Kier alpha value is -4.00. The molecule has 0 spiro atoms. The highest BCUT2D eigenvalue weighted by Gasteiger charge is 2.20. The lowest BCUT2D eigenvalue weighted by Gasteiger charge is -2.17. The van der Waals surface area contributed by atoms with E-state index in [9.17, 15) is 4.79 Å². The van der Waals surface area contributed by atoms with Crippen molar-refractivity contribution in [2.75, 3.05) is 20.8 Å². The van der Waals surface area contributed by atoms with Gasteiger partial charge in [0.25, 0.3) is 5.91 Å². The lowest BCUT2D eigenvalue weighted by molar-refractivity contribution is 0.0937. The van der Waals surface area contributed by atoms with Crippen molar-refractivity contribution in [2.24, 2.45) is 0 Å². The fourth-order valence-electron chi connectivity index (χ4n) is 4.22. The summed E-state index contributed by atoms with van der Waals surface area (Å²) >= 11 is 0. The average Bonchev–Trinajstić information content (AvgIpc) is 3.29. The first-order valence-electron chi connectivity index (χ1n) is 12.2. The molecule has 36 heavy (non-hydrogen) atoms. The third-order valence-corrected chi connectivity index (χ3v) is 6.19. The molecule has 4 aromatic rings. The number of nitrogens with one attached hydrogen (secondary N) is 1. The van der Waals surface area contributed by atoms with Crippen molar-refractivity contribution >= 4 is 16.9 Å². The zero-order valence-corrected chi connectivity index (χ0v) is 21.3.